The van der Waals surface area contributed by atoms with Crippen LogP contribution in [-0.2, 0) is 21.1 Å². The summed E-state index contributed by atoms with van der Waals surface area (Å²) < 4.78 is 25.1. The summed E-state index contributed by atoms with van der Waals surface area (Å²) in [5.41, 5.74) is 5.28. The highest BCUT2D eigenvalue weighted by molar-refractivity contribution is 8.06. The standard InChI is InChI=1S/C11H14FN2O6PS/c12-8-9(15)7(5-19-21(17,18)22)20-11(8)14-3-1-2-6(4-14)10(13)16/h1-4,7-9,11,15H,5H2,(H3-,13,16,17,18,22). The number of carbonyl (C=O) groups is 1. The Morgan fingerprint density at radius 3 is 2.95 bits per heavy atom. The average molecular weight is 352 g/mol. The van der Waals surface area contributed by atoms with Gasteiger partial charge in [-0.25, -0.2) is 4.39 Å². The molecule has 22 heavy (non-hydrogen) atoms. The monoisotopic (exact) mass is 352 g/mol. The molecule has 122 valence electrons. The van der Waals surface area contributed by atoms with Crippen LogP contribution in [-0.4, -0.2) is 40.9 Å². The lowest BCUT2D eigenvalue weighted by molar-refractivity contribution is -0.764. The SMILES string of the molecule is NC(=O)c1ccc[n+](C2OC(COP([O-])(O)=S)C(O)C2F)c1. The van der Waals surface area contributed by atoms with E-state index in [9.17, 15) is 19.2 Å². The van der Waals surface area contributed by atoms with Crippen LogP contribution in [0.25, 0.3) is 0 Å². The third-order valence-electron chi connectivity index (χ3n) is 3.10. The summed E-state index contributed by atoms with van der Waals surface area (Å²) >= 11 is 4.16. The topological polar surface area (TPSA) is 129 Å². The second-order valence-electron chi connectivity index (χ2n) is 4.67. The molecule has 1 aromatic heterocycles. The molecule has 1 aromatic rings. The van der Waals surface area contributed by atoms with E-state index < -0.39 is 43.8 Å². The van der Waals surface area contributed by atoms with Gasteiger partial charge in [0.25, 0.3) is 12.1 Å². The van der Waals surface area contributed by atoms with Gasteiger partial charge in [-0.15, -0.1) is 0 Å². The van der Waals surface area contributed by atoms with Crippen molar-refractivity contribution in [2.45, 2.75) is 24.6 Å². The lowest BCUT2D eigenvalue weighted by Crippen LogP contribution is -2.45. The van der Waals surface area contributed by atoms with E-state index in [-0.39, 0.29) is 5.56 Å². The molecule has 11 heteroatoms. The van der Waals surface area contributed by atoms with Crippen molar-refractivity contribution >= 4 is 24.4 Å². The lowest BCUT2D eigenvalue weighted by atomic mass is 10.1. The third-order valence-corrected chi connectivity index (χ3v) is 3.89. The van der Waals surface area contributed by atoms with Crippen LogP contribution in [0.2, 0.25) is 0 Å². The minimum atomic E-state index is -4.18. The van der Waals surface area contributed by atoms with Crippen LogP contribution in [0.1, 0.15) is 16.6 Å². The van der Waals surface area contributed by atoms with Gasteiger partial charge in [0.05, 0.1) is 6.61 Å². The fourth-order valence-corrected chi connectivity index (χ4v) is 2.56. The summed E-state index contributed by atoms with van der Waals surface area (Å²) in [4.78, 5) is 30.9. The smallest absolute Gasteiger partial charge is 0.297 e. The van der Waals surface area contributed by atoms with Crippen molar-refractivity contribution in [3.05, 3.63) is 30.1 Å². The molecule has 1 aliphatic rings. The summed E-state index contributed by atoms with van der Waals surface area (Å²) in [6, 6.07) is 2.91. The molecule has 1 aliphatic heterocycles. The number of hydrogen-bond acceptors (Lipinski definition) is 6. The molecular formula is C11H14FN2O6PS. The number of ether oxygens (including phenoxy) is 1. The second kappa shape index (κ2) is 6.63. The fourth-order valence-electron chi connectivity index (χ4n) is 2.05. The molecule has 4 N–H and O–H groups in total. The Bertz CT molecular complexity index is 614. The molecule has 8 nitrogen and oxygen atoms in total. The van der Waals surface area contributed by atoms with Gasteiger partial charge in [0.1, 0.15) is 24.5 Å². The molecule has 5 unspecified atom stereocenters. The van der Waals surface area contributed by atoms with Gasteiger partial charge in [0.2, 0.25) is 6.17 Å². The van der Waals surface area contributed by atoms with E-state index in [0.717, 1.165) is 0 Å². The third kappa shape index (κ3) is 4.05. The van der Waals surface area contributed by atoms with E-state index in [0.29, 0.717) is 0 Å². The number of alkyl halides is 1. The van der Waals surface area contributed by atoms with Crippen LogP contribution in [0.4, 0.5) is 4.39 Å². The fraction of sp³-hybridized carbons (Fsp3) is 0.455. The second-order valence-corrected chi connectivity index (χ2v) is 7.25. The van der Waals surface area contributed by atoms with Crippen LogP contribution in [0.15, 0.2) is 24.5 Å². The van der Waals surface area contributed by atoms with Crippen LogP contribution >= 0.6 is 6.72 Å². The zero-order valence-corrected chi connectivity index (χ0v) is 12.8. The van der Waals surface area contributed by atoms with Crippen molar-refractivity contribution in [2.75, 3.05) is 6.61 Å². The Kier molecular flexibility index (Phi) is 5.23. The number of nitrogens with zero attached hydrogens (tertiary/aromatic N) is 1. The zero-order valence-electron chi connectivity index (χ0n) is 11.1. The van der Waals surface area contributed by atoms with E-state index in [1.807, 2.05) is 0 Å². The normalized spacial score (nSPS) is 30.9. The minimum absolute atomic E-state index is 0.137. The van der Waals surface area contributed by atoms with E-state index in [1.54, 1.807) is 0 Å². The molecule has 0 aromatic carbocycles. The number of rotatable bonds is 5. The molecule has 0 aliphatic carbocycles. The van der Waals surface area contributed by atoms with Gasteiger partial charge in [-0.05, 0) is 6.07 Å². The molecular weight excluding hydrogens is 338 g/mol. The molecule has 1 saturated heterocycles. The number of aliphatic hydroxyl groups is 1. The zero-order chi connectivity index (χ0) is 16.5. The first kappa shape index (κ1) is 17.4. The predicted octanol–water partition coefficient (Wildman–Crippen LogP) is -1.74. The molecule has 5 atom stereocenters. The molecule has 0 spiro atoms. The van der Waals surface area contributed by atoms with Crippen LogP contribution in [0.3, 0.4) is 0 Å². The van der Waals surface area contributed by atoms with Gasteiger partial charge in [-0.1, -0.05) is 11.8 Å². The highest BCUT2D eigenvalue weighted by Gasteiger charge is 2.50. The molecule has 2 rings (SSSR count). The average Bonchev–Trinajstić information content (AvgIpc) is 2.72. The van der Waals surface area contributed by atoms with Crippen molar-refractivity contribution in [2.24, 2.45) is 5.73 Å². The molecule has 2 heterocycles. The van der Waals surface area contributed by atoms with Gasteiger partial charge in [-0.3, -0.25) is 4.79 Å². The summed E-state index contributed by atoms with van der Waals surface area (Å²) in [7, 11) is 0. The summed E-state index contributed by atoms with van der Waals surface area (Å²) in [5.74, 6) is -0.699. The molecule has 0 radical (unpaired) electrons. The Hall–Kier alpha value is -1.00. The number of pyridine rings is 1. The first-order chi connectivity index (χ1) is 10.2. The number of hydrogen-bond donors (Lipinski definition) is 3. The highest BCUT2D eigenvalue weighted by Crippen LogP contribution is 2.34. The summed E-state index contributed by atoms with van der Waals surface area (Å²) in [5, 5.41) is 9.77. The number of carbonyl (C=O) groups excluding carboxylic acids is 1. The molecule has 1 amide bonds. The maximum atomic E-state index is 14.1. The van der Waals surface area contributed by atoms with E-state index in [4.69, 9.17) is 15.4 Å². The summed E-state index contributed by atoms with van der Waals surface area (Å²) in [6.45, 7) is -4.71. The number of amides is 1. The highest BCUT2D eigenvalue weighted by atomic mass is 32.5. The van der Waals surface area contributed by atoms with Gasteiger partial charge >= 0.3 is 0 Å². The number of halogens is 1. The van der Waals surface area contributed by atoms with Crippen molar-refractivity contribution in [3.63, 3.8) is 0 Å². The number of nitrogens with two attached hydrogens (primary N) is 1. The molecule has 0 saturated carbocycles. The van der Waals surface area contributed by atoms with Crippen molar-refractivity contribution in [1.29, 1.82) is 0 Å². The van der Waals surface area contributed by atoms with Crippen LogP contribution < -0.4 is 15.2 Å². The molecule has 1 fully saturated rings. The van der Waals surface area contributed by atoms with Gasteiger partial charge in [0, 0.05) is 6.07 Å². The van der Waals surface area contributed by atoms with Crippen molar-refractivity contribution < 1.29 is 37.9 Å². The largest absolute Gasteiger partial charge is 0.780 e. The number of aromatic nitrogens is 1. The Morgan fingerprint density at radius 1 is 1.68 bits per heavy atom. The van der Waals surface area contributed by atoms with Gasteiger partial charge in [0.15, 0.2) is 12.4 Å². The Balaban J connectivity index is 2.14. The van der Waals surface area contributed by atoms with Crippen molar-refractivity contribution in [1.82, 2.24) is 0 Å². The quantitative estimate of drug-likeness (QED) is 0.424. The first-order valence-electron chi connectivity index (χ1n) is 6.15. The van der Waals surface area contributed by atoms with Crippen LogP contribution in [0.5, 0.6) is 0 Å². The number of primary amides is 1. The van der Waals surface area contributed by atoms with E-state index in [2.05, 4.69) is 16.3 Å². The van der Waals surface area contributed by atoms with Gasteiger partial charge in [-0.2, -0.15) is 4.57 Å². The van der Waals surface area contributed by atoms with E-state index >= 15 is 0 Å². The minimum Gasteiger partial charge on any atom is -0.780 e. The number of aliphatic hydroxyl groups excluding tert-OH is 1. The van der Waals surface area contributed by atoms with E-state index in [1.165, 1.54) is 29.1 Å². The van der Waals surface area contributed by atoms with Crippen molar-refractivity contribution in [3.8, 4) is 0 Å². The first-order valence-corrected chi connectivity index (χ1v) is 8.74. The predicted molar refractivity (Wildman–Crippen MR) is 72.4 cm³/mol. The van der Waals surface area contributed by atoms with Crippen LogP contribution in [0, 0.1) is 0 Å². The Morgan fingerprint density at radius 2 is 2.36 bits per heavy atom. The maximum Gasteiger partial charge on any atom is 0.297 e. The maximum absolute atomic E-state index is 14.1. The van der Waals surface area contributed by atoms with Gasteiger partial charge < -0.3 is 29.9 Å². The molecule has 0 bridgehead atoms. The summed E-state index contributed by atoms with van der Waals surface area (Å²) in [6.07, 6.45) is -3.09. The lowest BCUT2D eigenvalue weighted by Gasteiger charge is -2.22. The Labute approximate surface area is 130 Å².